The van der Waals surface area contributed by atoms with Crippen LogP contribution < -0.4 is 9.47 Å². The minimum absolute atomic E-state index is 0.00450. The number of rotatable bonds is 12. The average molecular weight is 617 g/mol. The van der Waals surface area contributed by atoms with E-state index in [1.54, 1.807) is 24.3 Å². The fraction of sp³-hybridized carbons (Fsp3) is 0.452. The summed E-state index contributed by atoms with van der Waals surface area (Å²) in [7, 11) is 0. The standard InChI is InChI=1S/C31H36O13/c1-16(2)39-22-9-7-21(8-10-22)13-25(36)24-12-11-23(14-26(24)37)43-31-30(42-20(6)35)29(41-19(5)34)28(40-18(4)33)27(44-31)15-38-17(3)32/h7-12,14,16,27-31,37H,13,15H2,1-6H3/t27-,28-,29+,30+,31+/m1/s1. The Morgan fingerprint density at radius 3 is 1.89 bits per heavy atom. The van der Waals surface area contributed by atoms with Gasteiger partial charge in [-0.25, -0.2) is 0 Å². The van der Waals surface area contributed by atoms with Gasteiger partial charge in [-0.1, -0.05) is 12.1 Å². The van der Waals surface area contributed by atoms with E-state index in [2.05, 4.69) is 0 Å². The molecule has 0 radical (unpaired) electrons. The van der Waals surface area contributed by atoms with E-state index >= 15 is 0 Å². The minimum Gasteiger partial charge on any atom is -0.507 e. The molecule has 5 atom stereocenters. The summed E-state index contributed by atoms with van der Waals surface area (Å²) in [6.07, 6.45) is -6.92. The zero-order valence-corrected chi connectivity index (χ0v) is 25.3. The van der Waals surface area contributed by atoms with Crippen molar-refractivity contribution in [3.05, 3.63) is 53.6 Å². The Labute approximate surface area is 254 Å². The molecule has 0 aliphatic carbocycles. The van der Waals surface area contributed by atoms with E-state index in [4.69, 9.17) is 33.2 Å². The van der Waals surface area contributed by atoms with Gasteiger partial charge in [0.05, 0.1) is 11.7 Å². The van der Waals surface area contributed by atoms with Crippen LogP contribution >= 0.6 is 0 Å². The van der Waals surface area contributed by atoms with Crippen LogP contribution in [-0.4, -0.2) is 78.2 Å². The van der Waals surface area contributed by atoms with E-state index in [0.717, 1.165) is 27.7 Å². The highest BCUT2D eigenvalue weighted by Crippen LogP contribution is 2.33. The Kier molecular flexibility index (Phi) is 11.7. The molecular formula is C31H36O13. The van der Waals surface area contributed by atoms with Gasteiger partial charge in [-0.3, -0.25) is 24.0 Å². The van der Waals surface area contributed by atoms with Gasteiger partial charge in [0.15, 0.2) is 18.0 Å². The van der Waals surface area contributed by atoms with Crippen LogP contribution in [0.5, 0.6) is 17.2 Å². The van der Waals surface area contributed by atoms with E-state index in [-0.39, 0.29) is 29.6 Å². The number of Topliss-reactive ketones (excluding diaryl/α,β-unsaturated/α-hetero) is 1. The summed E-state index contributed by atoms with van der Waals surface area (Å²) in [6, 6.07) is 10.9. The molecule has 44 heavy (non-hydrogen) atoms. The molecular weight excluding hydrogens is 580 g/mol. The zero-order valence-electron chi connectivity index (χ0n) is 25.3. The molecule has 3 rings (SSSR count). The summed E-state index contributed by atoms with van der Waals surface area (Å²) >= 11 is 0. The molecule has 0 amide bonds. The number of hydrogen-bond donors (Lipinski definition) is 1. The van der Waals surface area contributed by atoms with Crippen molar-refractivity contribution >= 4 is 29.7 Å². The highest BCUT2D eigenvalue weighted by molar-refractivity contribution is 6.00. The molecule has 2 aromatic rings. The van der Waals surface area contributed by atoms with Gasteiger partial charge >= 0.3 is 23.9 Å². The van der Waals surface area contributed by atoms with Crippen LogP contribution in [0.1, 0.15) is 57.5 Å². The number of phenolic OH excluding ortho intramolecular Hbond substituents is 1. The first-order chi connectivity index (χ1) is 20.7. The number of aromatic hydroxyl groups is 1. The first kappa shape index (κ1) is 33.8. The maximum absolute atomic E-state index is 13.0. The van der Waals surface area contributed by atoms with Crippen molar-refractivity contribution in [1.82, 2.24) is 0 Å². The van der Waals surface area contributed by atoms with Gasteiger partial charge in [0, 0.05) is 40.2 Å². The van der Waals surface area contributed by atoms with Crippen molar-refractivity contribution in [3.8, 4) is 17.2 Å². The topological polar surface area (TPSA) is 170 Å². The first-order valence-electron chi connectivity index (χ1n) is 13.8. The van der Waals surface area contributed by atoms with Crippen LogP contribution in [0.15, 0.2) is 42.5 Å². The molecule has 1 N–H and O–H groups in total. The van der Waals surface area contributed by atoms with Crippen molar-refractivity contribution in [3.63, 3.8) is 0 Å². The smallest absolute Gasteiger partial charge is 0.303 e. The maximum Gasteiger partial charge on any atom is 0.303 e. The molecule has 13 nitrogen and oxygen atoms in total. The Morgan fingerprint density at radius 2 is 1.34 bits per heavy atom. The fourth-order valence-corrected chi connectivity index (χ4v) is 4.48. The highest BCUT2D eigenvalue weighted by atomic mass is 16.7. The Morgan fingerprint density at radius 1 is 0.773 bits per heavy atom. The molecule has 0 saturated carbocycles. The Bertz CT molecular complexity index is 1350. The third-order valence-corrected chi connectivity index (χ3v) is 6.13. The second-order valence-corrected chi connectivity index (χ2v) is 10.3. The quantitative estimate of drug-likeness (QED) is 0.210. The number of carbonyl (C=O) groups excluding carboxylic acids is 5. The lowest BCUT2D eigenvalue weighted by molar-refractivity contribution is -0.288. The van der Waals surface area contributed by atoms with Crippen molar-refractivity contribution in [2.75, 3.05) is 6.61 Å². The van der Waals surface area contributed by atoms with Crippen molar-refractivity contribution < 1.29 is 62.2 Å². The summed E-state index contributed by atoms with van der Waals surface area (Å²) < 4.78 is 38.6. The lowest BCUT2D eigenvalue weighted by Crippen LogP contribution is -2.63. The number of phenols is 1. The minimum atomic E-state index is -1.50. The van der Waals surface area contributed by atoms with Gasteiger partial charge in [-0.2, -0.15) is 0 Å². The van der Waals surface area contributed by atoms with Crippen LogP contribution in [0.2, 0.25) is 0 Å². The van der Waals surface area contributed by atoms with Gasteiger partial charge in [-0.05, 0) is 43.7 Å². The summed E-state index contributed by atoms with van der Waals surface area (Å²) in [5.41, 5.74) is 0.740. The molecule has 1 fully saturated rings. The lowest BCUT2D eigenvalue weighted by Gasteiger charge is -2.43. The largest absolute Gasteiger partial charge is 0.507 e. The Balaban J connectivity index is 1.86. The van der Waals surface area contributed by atoms with Gasteiger partial charge in [0.1, 0.15) is 30.0 Å². The second kappa shape index (κ2) is 15.2. The normalized spacial score (nSPS) is 21.1. The number of ether oxygens (including phenoxy) is 7. The van der Waals surface area contributed by atoms with Crippen LogP contribution in [0.4, 0.5) is 0 Å². The van der Waals surface area contributed by atoms with Crippen molar-refractivity contribution in [1.29, 1.82) is 0 Å². The lowest BCUT2D eigenvalue weighted by atomic mass is 9.98. The molecule has 0 aromatic heterocycles. The first-order valence-corrected chi connectivity index (χ1v) is 13.8. The van der Waals surface area contributed by atoms with E-state index in [0.29, 0.717) is 11.3 Å². The SMILES string of the molecule is CC(=O)OC[C@H]1O[C@H](Oc2ccc(C(=O)Cc3ccc(OC(C)C)cc3)c(O)c2)[C@@H](OC(C)=O)[C@@H](OC(C)=O)[C@@H]1OC(C)=O. The number of ketones is 1. The van der Waals surface area contributed by atoms with E-state index < -0.39 is 66.9 Å². The van der Waals surface area contributed by atoms with Crippen LogP contribution in [0.3, 0.4) is 0 Å². The number of carbonyl (C=O) groups is 5. The average Bonchev–Trinajstić information content (AvgIpc) is 2.91. The maximum atomic E-state index is 13.0. The van der Waals surface area contributed by atoms with Crippen LogP contribution in [-0.2, 0) is 49.3 Å². The molecule has 2 aromatic carbocycles. The number of hydrogen-bond acceptors (Lipinski definition) is 13. The molecule has 0 unspecified atom stereocenters. The summed E-state index contributed by atoms with van der Waals surface area (Å²) in [4.78, 5) is 60.4. The predicted octanol–water partition coefficient (Wildman–Crippen LogP) is 3.07. The second-order valence-electron chi connectivity index (χ2n) is 10.3. The van der Waals surface area contributed by atoms with Crippen LogP contribution in [0.25, 0.3) is 0 Å². The van der Waals surface area contributed by atoms with E-state index in [1.807, 2.05) is 13.8 Å². The molecule has 13 heteroatoms. The summed E-state index contributed by atoms with van der Waals surface area (Å²) in [5.74, 6) is -3.11. The van der Waals surface area contributed by atoms with E-state index in [9.17, 15) is 29.1 Å². The zero-order chi connectivity index (χ0) is 32.6. The van der Waals surface area contributed by atoms with Crippen molar-refractivity contribution in [2.45, 2.75) is 84.8 Å². The van der Waals surface area contributed by atoms with E-state index in [1.165, 1.54) is 18.2 Å². The van der Waals surface area contributed by atoms with Gasteiger partial charge in [0.25, 0.3) is 0 Å². The predicted molar refractivity (Wildman–Crippen MR) is 151 cm³/mol. The molecule has 1 aliphatic heterocycles. The fourth-order valence-electron chi connectivity index (χ4n) is 4.48. The number of benzene rings is 2. The Hall–Kier alpha value is -4.65. The molecule has 1 aliphatic rings. The van der Waals surface area contributed by atoms with Crippen molar-refractivity contribution in [2.24, 2.45) is 0 Å². The van der Waals surface area contributed by atoms with Crippen LogP contribution in [0, 0.1) is 0 Å². The number of esters is 4. The molecule has 1 heterocycles. The third-order valence-electron chi connectivity index (χ3n) is 6.13. The van der Waals surface area contributed by atoms with Gasteiger partial charge in [0.2, 0.25) is 12.4 Å². The van der Waals surface area contributed by atoms with Gasteiger partial charge < -0.3 is 38.3 Å². The summed E-state index contributed by atoms with van der Waals surface area (Å²) in [5, 5.41) is 10.7. The highest BCUT2D eigenvalue weighted by Gasteiger charge is 2.53. The third kappa shape index (κ3) is 9.69. The molecule has 1 saturated heterocycles. The molecule has 238 valence electrons. The monoisotopic (exact) mass is 616 g/mol. The molecule has 0 bridgehead atoms. The molecule has 0 spiro atoms. The summed E-state index contributed by atoms with van der Waals surface area (Å²) in [6.45, 7) is 7.85. The van der Waals surface area contributed by atoms with Gasteiger partial charge in [-0.15, -0.1) is 0 Å².